The molecule has 0 saturated heterocycles. The monoisotopic (exact) mass is 347 g/mol. The Bertz CT molecular complexity index is 304. The topological polar surface area (TPSA) is 12.9 Å². The van der Waals surface area contributed by atoms with Crippen LogP contribution in [0.5, 0.6) is 0 Å². The van der Waals surface area contributed by atoms with Gasteiger partial charge in [0, 0.05) is 14.2 Å². The fourth-order valence-corrected chi connectivity index (χ4v) is 1.73. The summed E-state index contributed by atoms with van der Waals surface area (Å²) >= 11 is 5.09. The molecule has 0 N–H and O–H groups in total. The molecule has 0 saturated carbocycles. The molecule has 0 radical (unpaired) electrons. The largest absolute Gasteiger partial charge is 0.266 e. The number of aromatic nitrogens is 1. The van der Waals surface area contributed by atoms with Gasteiger partial charge in [-0.1, -0.05) is 0 Å². The van der Waals surface area contributed by atoms with Crippen LogP contribution in [0.1, 0.15) is 17.7 Å². The normalized spacial score (nSPS) is 10.8. The predicted molar refractivity (Wildman–Crippen MR) is 54.3 cm³/mol. The van der Waals surface area contributed by atoms with E-state index in [0.29, 0.717) is 4.47 Å². The first-order chi connectivity index (χ1) is 5.54. The van der Waals surface area contributed by atoms with Gasteiger partial charge in [0.2, 0.25) is 0 Å². The average molecular weight is 348 g/mol. The number of rotatable bonds is 1. The van der Waals surface area contributed by atoms with E-state index in [-0.39, 0.29) is 5.56 Å². The van der Waals surface area contributed by atoms with Gasteiger partial charge in [-0.25, -0.2) is 8.78 Å². The molecule has 0 spiro atoms. The molecule has 66 valence electrons. The predicted octanol–water partition coefficient (Wildman–Crippen LogP) is 3.69. The summed E-state index contributed by atoms with van der Waals surface area (Å²) in [7, 11) is 0. The van der Waals surface area contributed by atoms with Crippen molar-refractivity contribution in [1.29, 1.82) is 0 Å². The highest BCUT2D eigenvalue weighted by Crippen LogP contribution is 2.31. The molecular formula is C7H5BrF2IN. The molecule has 1 nitrogen and oxygen atoms in total. The summed E-state index contributed by atoms with van der Waals surface area (Å²) in [5, 5.41) is 0. The van der Waals surface area contributed by atoms with E-state index in [1.807, 2.05) is 22.6 Å². The van der Waals surface area contributed by atoms with Gasteiger partial charge in [0.05, 0.1) is 11.3 Å². The van der Waals surface area contributed by atoms with Crippen LogP contribution >= 0.6 is 38.5 Å². The lowest BCUT2D eigenvalue weighted by molar-refractivity contribution is 0.150. The summed E-state index contributed by atoms with van der Waals surface area (Å²) in [6, 6.07) is 0. The standard InChI is InChI=1S/C7H5BrF2IN/c1-3-6(11)5(8)4(2-12-3)7(9)10/h2,7H,1H3. The average Bonchev–Trinajstić information content (AvgIpc) is 2.00. The van der Waals surface area contributed by atoms with Crippen LogP contribution in [0.2, 0.25) is 0 Å². The second-order valence-corrected chi connectivity index (χ2v) is 4.10. The van der Waals surface area contributed by atoms with Crippen LogP contribution in [-0.2, 0) is 0 Å². The Kier molecular flexibility index (Phi) is 3.39. The van der Waals surface area contributed by atoms with E-state index in [1.165, 1.54) is 6.20 Å². The molecule has 0 fully saturated rings. The molecule has 1 aromatic rings. The van der Waals surface area contributed by atoms with Crippen LogP contribution in [0.25, 0.3) is 0 Å². The van der Waals surface area contributed by atoms with Crippen molar-refractivity contribution >= 4 is 38.5 Å². The molecule has 0 aliphatic heterocycles. The van der Waals surface area contributed by atoms with Crippen molar-refractivity contribution in [2.24, 2.45) is 0 Å². The summed E-state index contributed by atoms with van der Waals surface area (Å²) in [6.45, 7) is 1.78. The Morgan fingerprint density at radius 1 is 1.58 bits per heavy atom. The molecule has 0 aliphatic carbocycles. The summed E-state index contributed by atoms with van der Waals surface area (Å²) in [4.78, 5) is 3.84. The first kappa shape index (κ1) is 10.3. The zero-order valence-corrected chi connectivity index (χ0v) is 9.86. The molecule has 0 bridgehead atoms. The Morgan fingerprint density at radius 3 is 2.67 bits per heavy atom. The summed E-state index contributed by atoms with van der Waals surface area (Å²) in [6.07, 6.45) is -1.27. The number of halogens is 4. The van der Waals surface area contributed by atoms with Crippen LogP contribution in [0.15, 0.2) is 10.7 Å². The third-order valence-corrected chi connectivity index (χ3v) is 4.31. The first-order valence-corrected chi connectivity index (χ1v) is 5.00. The molecule has 0 aromatic carbocycles. The highest BCUT2D eigenvalue weighted by molar-refractivity contribution is 14.1. The molecule has 0 amide bonds. The quantitative estimate of drug-likeness (QED) is 0.706. The number of hydrogen-bond donors (Lipinski definition) is 0. The second-order valence-electron chi connectivity index (χ2n) is 2.23. The smallest absolute Gasteiger partial charge is 0.260 e. The Morgan fingerprint density at radius 2 is 2.17 bits per heavy atom. The van der Waals surface area contributed by atoms with Gasteiger partial charge in [0.1, 0.15) is 0 Å². The maximum Gasteiger partial charge on any atom is 0.266 e. The maximum absolute atomic E-state index is 12.3. The molecule has 0 atom stereocenters. The number of pyridine rings is 1. The van der Waals surface area contributed by atoms with Gasteiger partial charge in [0.15, 0.2) is 0 Å². The molecule has 0 unspecified atom stereocenters. The molecular weight excluding hydrogens is 343 g/mol. The van der Waals surface area contributed by atoms with E-state index >= 15 is 0 Å². The van der Waals surface area contributed by atoms with Gasteiger partial charge in [-0.05, 0) is 45.4 Å². The molecule has 0 aliphatic rings. The highest BCUT2D eigenvalue weighted by atomic mass is 127. The van der Waals surface area contributed by atoms with Gasteiger partial charge < -0.3 is 0 Å². The van der Waals surface area contributed by atoms with E-state index in [4.69, 9.17) is 0 Å². The third-order valence-electron chi connectivity index (χ3n) is 1.40. The van der Waals surface area contributed by atoms with E-state index in [1.54, 1.807) is 6.92 Å². The number of nitrogens with zero attached hydrogens (tertiary/aromatic N) is 1. The van der Waals surface area contributed by atoms with Crippen LogP contribution in [0, 0.1) is 10.5 Å². The van der Waals surface area contributed by atoms with Crippen molar-refractivity contribution in [3.8, 4) is 0 Å². The first-order valence-electron chi connectivity index (χ1n) is 3.12. The lowest BCUT2D eigenvalue weighted by atomic mass is 10.3. The maximum atomic E-state index is 12.3. The highest BCUT2D eigenvalue weighted by Gasteiger charge is 2.15. The number of aryl methyl sites for hydroxylation is 1. The van der Waals surface area contributed by atoms with E-state index in [2.05, 4.69) is 20.9 Å². The van der Waals surface area contributed by atoms with Crippen LogP contribution in [0.4, 0.5) is 8.78 Å². The van der Waals surface area contributed by atoms with Crippen molar-refractivity contribution in [1.82, 2.24) is 4.98 Å². The molecule has 1 aromatic heterocycles. The minimum Gasteiger partial charge on any atom is -0.260 e. The minimum atomic E-state index is -2.47. The lowest BCUT2D eigenvalue weighted by Gasteiger charge is -2.05. The lowest BCUT2D eigenvalue weighted by Crippen LogP contribution is -1.94. The summed E-state index contributed by atoms with van der Waals surface area (Å²) < 4.78 is 25.7. The Balaban J connectivity index is 3.27. The summed E-state index contributed by atoms with van der Waals surface area (Å²) in [5.74, 6) is 0. The van der Waals surface area contributed by atoms with Gasteiger partial charge in [-0.15, -0.1) is 0 Å². The fourth-order valence-electron chi connectivity index (χ4n) is 0.717. The van der Waals surface area contributed by atoms with Gasteiger partial charge in [0.25, 0.3) is 6.43 Å². The van der Waals surface area contributed by atoms with E-state index in [9.17, 15) is 8.78 Å². The zero-order chi connectivity index (χ0) is 9.30. The third kappa shape index (κ3) is 1.93. The Hall–Kier alpha value is 0.220. The molecule has 5 heteroatoms. The SMILES string of the molecule is Cc1ncc(C(F)F)c(Br)c1I. The van der Waals surface area contributed by atoms with Crippen molar-refractivity contribution in [2.45, 2.75) is 13.3 Å². The van der Waals surface area contributed by atoms with Crippen molar-refractivity contribution < 1.29 is 8.78 Å². The van der Waals surface area contributed by atoms with Crippen LogP contribution in [-0.4, -0.2) is 4.98 Å². The molecule has 1 heterocycles. The van der Waals surface area contributed by atoms with Crippen molar-refractivity contribution in [3.63, 3.8) is 0 Å². The summed E-state index contributed by atoms with van der Waals surface area (Å²) in [5.41, 5.74) is 0.705. The fraction of sp³-hybridized carbons (Fsp3) is 0.286. The van der Waals surface area contributed by atoms with E-state index in [0.717, 1.165) is 9.26 Å². The second kappa shape index (κ2) is 3.95. The van der Waals surface area contributed by atoms with Crippen molar-refractivity contribution in [3.05, 3.63) is 25.5 Å². The number of hydrogen-bond acceptors (Lipinski definition) is 1. The van der Waals surface area contributed by atoms with Gasteiger partial charge >= 0.3 is 0 Å². The van der Waals surface area contributed by atoms with E-state index < -0.39 is 6.43 Å². The number of alkyl halides is 2. The van der Waals surface area contributed by atoms with Gasteiger partial charge in [-0.3, -0.25) is 4.98 Å². The molecule has 12 heavy (non-hydrogen) atoms. The Labute approximate surface area is 90.8 Å². The van der Waals surface area contributed by atoms with Crippen molar-refractivity contribution in [2.75, 3.05) is 0 Å². The van der Waals surface area contributed by atoms with Crippen LogP contribution < -0.4 is 0 Å². The van der Waals surface area contributed by atoms with Gasteiger partial charge in [-0.2, -0.15) is 0 Å². The molecule has 1 rings (SSSR count). The minimum absolute atomic E-state index is 0.0509. The zero-order valence-electron chi connectivity index (χ0n) is 6.11. The van der Waals surface area contributed by atoms with Crippen LogP contribution in [0.3, 0.4) is 0 Å².